The monoisotopic (exact) mass is 289 g/mol. The van der Waals surface area contributed by atoms with Crippen molar-refractivity contribution >= 4 is 11.7 Å². The summed E-state index contributed by atoms with van der Waals surface area (Å²) in [4.78, 5) is 11.0. The Labute approximate surface area is 122 Å². The van der Waals surface area contributed by atoms with Crippen molar-refractivity contribution < 1.29 is 19.0 Å². The highest BCUT2D eigenvalue weighted by molar-refractivity contribution is 5.89. The van der Waals surface area contributed by atoms with Crippen molar-refractivity contribution in [1.82, 2.24) is 0 Å². The second-order valence-corrected chi connectivity index (χ2v) is 4.56. The highest BCUT2D eigenvalue weighted by Gasteiger charge is 2.14. The van der Waals surface area contributed by atoms with Crippen LogP contribution in [0.2, 0.25) is 0 Å². The standard InChI is InChI=1S/C16H16FNO3/c1-21-10-15(11-5-3-2-4-6-11)18-12-7-8-14(17)13(9-12)16(19)20/h2-9,15,18H,10H2,1H3,(H,19,20). The number of rotatable bonds is 6. The fourth-order valence-electron chi connectivity index (χ4n) is 2.05. The van der Waals surface area contributed by atoms with Crippen LogP contribution in [-0.4, -0.2) is 24.8 Å². The molecule has 2 aromatic carbocycles. The largest absolute Gasteiger partial charge is 0.478 e. The molecule has 0 aromatic heterocycles. The Kier molecular flexibility index (Phi) is 4.90. The Morgan fingerprint density at radius 2 is 2.00 bits per heavy atom. The van der Waals surface area contributed by atoms with Crippen LogP contribution in [-0.2, 0) is 4.74 Å². The van der Waals surface area contributed by atoms with Crippen molar-refractivity contribution in [2.75, 3.05) is 19.0 Å². The molecule has 2 aromatic rings. The second-order valence-electron chi connectivity index (χ2n) is 4.56. The van der Waals surface area contributed by atoms with Gasteiger partial charge in [-0.25, -0.2) is 9.18 Å². The molecule has 0 saturated carbocycles. The van der Waals surface area contributed by atoms with Gasteiger partial charge in [-0.2, -0.15) is 0 Å². The van der Waals surface area contributed by atoms with Crippen LogP contribution in [0.5, 0.6) is 0 Å². The maximum atomic E-state index is 13.4. The molecule has 110 valence electrons. The van der Waals surface area contributed by atoms with Crippen molar-refractivity contribution in [2.24, 2.45) is 0 Å². The molecule has 0 amide bonds. The van der Waals surface area contributed by atoms with Crippen LogP contribution >= 0.6 is 0 Å². The number of hydrogen-bond acceptors (Lipinski definition) is 3. The zero-order valence-electron chi connectivity index (χ0n) is 11.5. The first-order valence-corrected chi connectivity index (χ1v) is 6.45. The molecule has 5 heteroatoms. The minimum Gasteiger partial charge on any atom is -0.478 e. The highest BCUT2D eigenvalue weighted by Crippen LogP contribution is 2.22. The van der Waals surface area contributed by atoms with Gasteiger partial charge in [0.25, 0.3) is 0 Å². The molecule has 0 radical (unpaired) electrons. The molecule has 0 aliphatic carbocycles. The van der Waals surface area contributed by atoms with Crippen LogP contribution < -0.4 is 5.32 Å². The van der Waals surface area contributed by atoms with Crippen LogP contribution in [0.1, 0.15) is 22.0 Å². The third-order valence-corrected chi connectivity index (χ3v) is 3.07. The summed E-state index contributed by atoms with van der Waals surface area (Å²) in [7, 11) is 1.59. The van der Waals surface area contributed by atoms with Gasteiger partial charge in [0.05, 0.1) is 18.2 Å². The second kappa shape index (κ2) is 6.85. The van der Waals surface area contributed by atoms with Crippen molar-refractivity contribution in [3.63, 3.8) is 0 Å². The van der Waals surface area contributed by atoms with E-state index in [1.54, 1.807) is 7.11 Å². The molecule has 0 spiro atoms. The topological polar surface area (TPSA) is 58.6 Å². The zero-order chi connectivity index (χ0) is 15.2. The number of carboxylic acids is 1. The Balaban J connectivity index is 2.25. The minimum atomic E-state index is -1.29. The number of benzene rings is 2. The van der Waals surface area contributed by atoms with E-state index in [4.69, 9.17) is 9.84 Å². The van der Waals surface area contributed by atoms with Gasteiger partial charge < -0.3 is 15.2 Å². The van der Waals surface area contributed by atoms with Gasteiger partial charge in [0, 0.05) is 12.8 Å². The molecular formula is C16H16FNO3. The van der Waals surface area contributed by atoms with E-state index in [9.17, 15) is 9.18 Å². The molecule has 21 heavy (non-hydrogen) atoms. The van der Waals surface area contributed by atoms with Gasteiger partial charge >= 0.3 is 5.97 Å². The van der Waals surface area contributed by atoms with E-state index in [0.29, 0.717) is 12.3 Å². The van der Waals surface area contributed by atoms with Crippen molar-refractivity contribution in [2.45, 2.75) is 6.04 Å². The van der Waals surface area contributed by atoms with Crippen molar-refractivity contribution in [1.29, 1.82) is 0 Å². The van der Waals surface area contributed by atoms with E-state index >= 15 is 0 Å². The van der Waals surface area contributed by atoms with E-state index in [1.165, 1.54) is 12.1 Å². The lowest BCUT2D eigenvalue weighted by Gasteiger charge is -2.20. The third-order valence-electron chi connectivity index (χ3n) is 3.07. The van der Waals surface area contributed by atoms with Gasteiger partial charge in [-0.1, -0.05) is 30.3 Å². The molecule has 0 aliphatic rings. The third kappa shape index (κ3) is 3.79. The smallest absolute Gasteiger partial charge is 0.338 e. The predicted molar refractivity (Wildman–Crippen MR) is 78.0 cm³/mol. The van der Waals surface area contributed by atoms with E-state index in [2.05, 4.69) is 5.32 Å². The molecule has 0 heterocycles. The van der Waals surface area contributed by atoms with Gasteiger partial charge in [-0.3, -0.25) is 0 Å². The normalized spacial score (nSPS) is 11.9. The molecule has 0 saturated heterocycles. The summed E-state index contributed by atoms with van der Waals surface area (Å²) in [6, 6.07) is 13.4. The lowest BCUT2D eigenvalue weighted by Crippen LogP contribution is -2.16. The summed E-state index contributed by atoms with van der Waals surface area (Å²) in [5, 5.41) is 12.1. The van der Waals surface area contributed by atoms with Crippen molar-refractivity contribution in [3.05, 3.63) is 65.5 Å². The van der Waals surface area contributed by atoms with Crippen LogP contribution in [0.4, 0.5) is 10.1 Å². The number of nitrogens with one attached hydrogen (secondary N) is 1. The lowest BCUT2D eigenvalue weighted by molar-refractivity contribution is 0.0692. The van der Waals surface area contributed by atoms with Crippen LogP contribution in [0.25, 0.3) is 0 Å². The number of hydrogen-bond donors (Lipinski definition) is 2. The van der Waals surface area contributed by atoms with Gasteiger partial charge in [0.2, 0.25) is 0 Å². The van der Waals surface area contributed by atoms with E-state index in [1.807, 2.05) is 30.3 Å². The number of carboxylic acid groups (broad SMARTS) is 1. The van der Waals surface area contributed by atoms with E-state index in [0.717, 1.165) is 11.6 Å². The molecule has 2 rings (SSSR count). The van der Waals surface area contributed by atoms with Gasteiger partial charge in [0.1, 0.15) is 5.82 Å². The average Bonchev–Trinajstić information content (AvgIpc) is 2.49. The first kappa shape index (κ1) is 15.0. The Bertz CT molecular complexity index is 616. The summed E-state index contributed by atoms with van der Waals surface area (Å²) in [6.45, 7) is 0.407. The molecular weight excluding hydrogens is 273 g/mol. The fraction of sp³-hybridized carbons (Fsp3) is 0.188. The summed E-state index contributed by atoms with van der Waals surface area (Å²) >= 11 is 0. The molecule has 1 unspecified atom stereocenters. The van der Waals surface area contributed by atoms with Crippen LogP contribution in [0.15, 0.2) is 48.5 Å². The number of ether oxygens (including phenoxy) is 1. The predicted octanol–water partition coefficient (Wildman–Crippen LogP) is 3.32. The van der Waals surface area contributed by atoms with Crippen LogP contribution in [0, 0.1) is 5.82 Å². The lowest BCUT2D eigenvalue weighted by atomic mass is 10.1. The number of anilines is 1. The maximum Gasteiger partial charge on any atom is 0.338 e. The quantitative estimate of drug-likeness (QED) is 0.856. The van der Waals surface area contributed by atoms with E-state index in [-0.39, 0.29) is 11.6 Å². The highest BCUT2D eigenvalue weighted by atomic mass is 19.1. The molecule has 0 aliphatic heterocycles. The first-order chi connectivity index (χ1) is 10.1. The maximum absolute atomic E-state index is 13.4. The zero-order valence-corrected chi connectivity index (χ0v) is 11.5. The molecule has 4 nitrogen and oxygen atoms in total. The number of carbonyl (C=O) groups is 1. The number of methoxy groups -OCH3 is 1. The van der Waals surface area contributed by atoms with Gasteiger partial charge in [0.15, 0.2) is 0 Å². The SMILES string of the molecule is COCC(Nc1ccc(F)c(C(=O)O)c1)c1ccccc1. The first-order valence-electron chi connectivity index (χ1n) is 6.45. The average molecular weight is 289 g/mol. The van der Waals surface area contributed by atoms with E-state index < -0.39 is 11.8 Å². The minimum absolute atomic E-state index is 0.150. The number of aromatic carboxylic acids is 1. The van der Waals surface area contributed by atoms with Crippen molar-refractivity contribution in [3.8, 4) is 0 Å². The molecule has 2 N–H and O–H groups in total. The number of halogens is 1. The summed E-state index contributed by atoms with van der Waals surface area (Å²) in [6.07, 6.45) is 0. The summed E-state index contributed by atoms with van der Waals surface area (Å²) < 4.78 is 18.6. The fourth-order valence-corrected chi connectivity index (χ4v) is 2.05. The Morgan fingerprint density at radius 3 is 2.62 bits per heavy atom. The molecule has 0 bridgehead atoms. The summed E-state index contributed by atoms with van der Waals surface area (Å²) in [5.74, 6) is -2.05. The molecule has 1 atom stereocenters. The molecule has 0 fully saturated rings. The summed E-state index contributed by atoms with van der Waals surface area (Å²) in [5.41, 5.74) is 1.17. The van der Waals surface area contributed by atoms with Gasteiger partial charge in [-0.15, -0.1) is 0 Å². The Hall–Kier alpha value is -2.40. The van der Waals surface area contributed by atoms with Gasteiger partial charge in [-0.05, 0) is 23.8 Å². The Morgan fingerprint density at radius 1 is 1.29 bits per heavy atom. The van der Waals surface area contributed by atoms with Crippen LogP contribution in [0.3, 0.4) is 0 Å².